The summed E-state index contributed by atoms with van der Waals surface area (Å²) in [7, 11) is 0. The molecule has 2 N–H and O–H groups in total. The van der Waals surface area contributed by atoms with Crippen molar-refractivity contribution in [3.05, 3.63) is 16.1 Å². The zero-order valence-corrected chi connectivity index (χ0v) is 11.2. The molecule has 0 spiro atoms. The second-order valence-corrected chi connectivity index (χ2v) is 5.47. The minimum atomic E-state index is -0.572. The molecular weight excluding hydrogens is 220 g/mol. The van der Waals surface area contributed by atoms with E-state index < -0.39 is 5.60 Å². The van der Waals surface area contributed by atoms with Gasteiger partial charge in [-0.3, -0.25) is 0 Å². The number of aromatic nitrogens is 1. The van der Waals surface area contributed by atoms with Crippen LogP contribution in [0.15, 0.2) is 5.51 Å². The van der Waals surface area contributed by atoms with Crippen LogP contribution in [0.3, 0.4) is 0 Å². The Hall–Kier alpha value is -0.450. The molecule has 0 bridgehead atoms. The third-order valence-electron chi connectivity index (χ3n) is 2.67. The average molecular weight is 242 g/mol. The molecule has 0 saturated heterocycles. The maximum absolute atomic E-state index is 9.95. The molecule has 16 heavy (non-hydrogen) atoms. The predicted octanol–water partition coefficient (Wildman–Crippen LogP) is 2.13. The van der Waals surface area contributed by atoms with Crippen LogP contribution in [-0.4, -0.2) is 28.8 Å². The van der Waals surface area contributed by atoms with E-state index in [1.54, 1.807) is 11.3 Å². The lowest BCUT2D eigenvalue weighted by Gasteiger charge is -2.22. The number of aryl methyl sites for hydroxylation is 1. The van der Waals surface area contributed by atoms with Crippen LogP contribution in [-0.2, 0) is 6.42 Å². The molecule has 1 atom stereocenters. The van der Waals surface area contributed by atoms with E-state index in [4.69, 9.17) is 0 Å². The molecule has 92 valence electrons. The van der Waals surface area contributed by atoms with Crippen LogP contribution < -0.4 is 5.32 Å². The van der Waals surface area contributed by atoms with E-state index in [1.165, 1.54) is 4.88 Å². The Bertz CT molecular complexity index is 310. The van der Waals surface area contributed by atoms with Crippen LogP contribution in [0.1, 0.15) is 37.3 Å². The Kier molecular flexibility index (Phi) is 5.38. The Balaban J connectivity index is 2.19. The summed E-state index contributed by atoms with van der Waals surface area (Å²) >= 11 is 1.70. The third kappa shape index (κ3) is 4.60. The fourth-order valence-electron chi connectivity index (χ4n) is 1.75. The lowest BCUT2D eigenvalue weighted by molar-refractivity contribution is 0.0504. The summed E-state index contributed by atoms with van der Waals surface area (Å²) in [6.45, 7) is 7.59. The van der Waals surface area contributed by atoms with Gasteiger partial charge in [-0.15, -0.1) is 11.3 Å². The Morgan fingerprint density at radius 2 is 2.31 bits per heavy atom. The number of hydrogen-bond donors (Lipinski definition) is 2. The molecule has 1 aromatic rings. The zero-order valence-electron chi connectivity index (χ0n) is 10.4. The van der Waals surface area contributed by atoms with E-state index in [-0.39, 0.29) is 0 Å². The molecule has 1 aromatic heterocycles. The van der Waals surface area contributed by atoms with Crippen LogP contribution in [0, 0.1) is 6.92 Å². The maximum atomic E-state index is 9.95. The van der Waals surface area contributed by atoms with Crippen LogP contribution in [0.5, 0.6) is 0 Å². The maximum Gasteiger partial charge on any atom is 0.0797 e. The Morgan fingerprint density at radius 3 is 2.88 bits per heavy atom. The predicted molar refractivity (Wildman–Crippen MR) is 69.0 cm³/mol. The lowest BCUT2D eigenvalue weighted by atomic mass is 10.0. The van der Waals surface area contributed by atoms with Gasteiger partial charge in [0.15, 0.2) is 0 Å². The SMILES string of the molecule is CCCC(C)(O)CNCCc1scnc1C. The van der Waals surface area contributed by atoms with Crippen LogP contribution >= 0.6 is 11.3 Å². The number of thiazole rings is 1. The summed E-state index contributed by atoms with van der Waals surface area (Å²) in [5.74, 6) is 0. The van der Waals surface area contributed by atoms with Gasteiger partial charge < -0.3 is 10.4 Å². The molecule has 0 aliphatic carbocycles. The van der Waals surface area contributed by atoms with Gasteiger partial charge in [-0.05, 0) is 26.7 Å². The van der Waals surface area contributed by atoms with Gasteiger partial charge in [0.05, 0.1) is 16.8 Å². The van der Waals surface area contributed by atoms with Gasteiger partial charge in [0.25, 0.3) is 0 Å². The van der Waals surface area contributed by atoms with Crippen LogP contribution in [0.25, 0.3) is 0 Å². The minimum absolute atomic E-state index is 0.572. The molecule has 4 heteroatoms. The summed E-state index contributed by atoms with van der Waals surface area (Å²) < 4.78 is 0. The summed E-state index contributed by atoms with van der Waals surface area (Å²) in [4.78, 5) is 5.55. The molecule has 0 aromatic carbocycles. The van der Waals surface area contributed by atoms with E-state index in [1.807, 2.05) is 19.4 Å². The van der Waals surface area contributed by atoms with Crippen molar-refractivity contribution in [1.29, 1.82) is 0 Å². The minimum Gasteiger partial charge on any atom is -0.389 e. The highest BCUT2D eigenvalue weighted by Crippen LogP contribution is 2.13. The highest BCUT2D eigenvalue weighted by Gasteiger charge is 2.17. The van der Waals surface area contributed by atoms with Crippen LogP contribution in [0.2, 0.25) is 0 Å². The molecule has 1 unspecified atom stereocenters. The van der Waals surface area contributed by atoms with Crippen molar-refractivity contribution in [2.75, 3.05) is 13.1 Å². The van der Waals surface area contributed by atoms with Gasteiger partial charge in [-0.1, -0.05) is 13.3 Å². The Morgan fingerprint density at radius 1 is 1.56 bits per heavy atom. The molecule has 0 fully saturated rings. The van der Waals surface area contributed by atoms with E-state index >= 15 is 0 Å². The van der Waals surface area contributed by atoms with E-state index in [0.717, 1.165) is 31.5 Å². The molecule has 1 heterocycles. The first-order chi connectivity index (χ1) is 7.55. The summed E-state index contributed by atoms with van der Waals surface area (Å²) in [6.07, 6.45) is 2.86. The van der Waals surface area contributed by atoms with Gasteiger partial charge in [0, 0.05) is 18.0 Å². The van der Waals surface area contributed by atoms with E-state index in [0.29, 0.717) is 6.54 Å². The summed E-state index contributed by atoms with van der Waals surface area (Å²) in [6, 6.07) is 0. The first-order valence-electron chi connectivity index (χ1n) is 5.87. The van der Waals surface area contributed by atoms with E-state index in [9.17, 15) is 5.11 Å². The molecular formula is C12H22N2OS. The van der Waals surface area contributed by atoms with Gasteiger partial charge in [0.1, 0.15) is 0 Å². The molecule has 0 amide bonds. The number of rotatable bonds is 7. The van der Waals surface area contributed by atoms with Crippen molar-refractivity contribution in [2.24, 2.45) is 0 Å². The van der Waals surface area contributed by atoms with Crippen LogP contribution in [0.4, 0.5) is 0 Å². The largest absolute Gasteiger partial charge is 0.389 e. The topological polar surface area (TPSA) is 45.1 Å². The van der Waals surface area contributed by atoms with Gasteiger partial charge in [0.2, 0.25) is 0 Å². The lowest BCUT2D eigenvalue weighted by Crippen LogP contribution is -2.38. The fraction of sp³-hybridized carbons (Fsp3) is 0.750. The smallest absolute Gasteiger partial charge is 0.0797 e. The molecule has 0 aliphatic heterocycles. The Labute approximate surface area is 102 Å². The number of aliphatic hydroxyl groups is 1. The molecule has 0 saturated carbocycles. The number of nitrogens with zero attached hydrogens (tertiary/aromatic N) is 1. The monoisotopic (exact) mass is 242 g/mol. The van der Waals surface area contributed by atoms with Gasteiger partial charge in [-0.2, -0.15) is 0 Å². The standard InChI is InChI=1S/C12H22N2OS/c1-4-6-12(3,15)8-13-7-5-11-10(2)14-9-16-11/h9,13,15H,4-8H2,1-3H3. The highest BCUT2D eigenvalue weighted by molar-refractivity contribution is 7.09. The highest BCUT2D eigenvalue weighted by atomic mass is 32.1. The molecule has 0 radical (unpaired) electrons. The average Bonchev–Trinajstić information content (AvgIpc) is 2.59. The first-order valence-corrected chi connectivity index (χ1v) is 6.75. The second-order valence-electron chi connectivity index (χ2n) is 4.53. The zero-order chi connectivity index (χ0) is 12.0. The third-order valence-corrected chi connectivity index (χ3v) is 3.66. The van der Waals surface area contributed by atoms with Crippen molar-refractivity contribution < 1.29 is 5.11 Å². The fourth-order valence-corrected chi connectivity index (χ4v) is 2.53. The molecule has 0 aliphatic rings. The summed E-state index contributed by atoms with van der Waals surface area (Å²) in [5.41, 5.74) is 2.45. The van der Waals surface area contributed by atoms with E-state index in [2.05, 4.69) is 17.2 Å². The van der Waals surface area contributed by atoms with Gasteiger partial charge >= 0.3 is 0 Å². The van der Waals surface area contributed by atoms with Crippen molar-refractivity contribution in [2.45, 2.75) is 45.6 Å². The van der Waals surface area contributed by atoms with Crippen molar-refractivity contribution in [3.8, 4) is 0 Å². The van der Waals surface area contributed by atoms with Gasteiger partial charge in [-0.25, -0.2) is 4.98 Å². The summed E-state index contributed by atoms with van der Waals surface area (Å²) in [5, 5.41) is 13.3. The second kappa shape index (κ2) is 6.33. The van der Waals surface area contributed by atoms with Crippen molar-refractivity contribution in [3.63, 3.8) is 0 Å². The first kappa shape index (κ1) is 13.6. The molecule has 3 nitrogen and oxygen atoms in total. The number of hydrogen-bond acceptors (Lipinski definition) is 4. The normalized spacial score (nSPS) is 15.0. The molecule has 1 rings (SSSR count). The quantitative estimate of drug-likeness (QED) is 0.720. The number of nitrogens with one attached hydrogen (secondary N) is 1. The van der Waals surface area contributed by atoms with Crippen molar-refractivity contribution >= 4 is 11.3 Å². The van der Waals surface area contributed by atoms with Crippen molar-refractivity contribution in [1.82, 2.24) is 10.3 Å².